The van der Waals surface area contributed by atoms with E-state index >= 15 is 0 Å². The molecule has 0 aromatic heterocycles. The quantitative estimate of drug-likeness (QED) is 0.125. The molecule has 1 heterocycles. The Labute approximate surface area is 251 Å². The number of ether oxygens (including phenoxy) is 2. The molecule has 0 bridgehead atoms. The van der Waals surface area contributed by atoms with Crippen molar-refractivity contribution in [2.24, 2.45) is 0 Å². The van der Waals surface area contributed by atoms with E-state index < -0.39 is 15.9 Å². The average Bonchev–Trinajstić information content (AvgIpc) is 3.19. The minimum absolute atomic E-state index is 0.126. The van der Waals surface area contributed by atoms with Crippen LogP contribution in [0.15, 0.2) is 83.8 Å². The molecule has 1 N–H and O–H groups in total. The number of alkyl halides is 3. The first-order valence-corrected chi connectivity index (χ1v) is 14.1. The maximum Gasteiger partial charge on any atom is 0.266 e. The number of thioether (sulfide) groups is 1. The molecule has 3 aromatic carbocycles. The van der Waals surface area contributed by atoms with Crippen LogP contribution in [-0.4, -0.2) is 44.7 Å². The third-order valence-electron chi connectivity index (χ3n) is 5.68. The highest BCUT2D eigenvalue weighted by Crippen LogP contribution is 2.34. The van der Waals surface area contributed by atoms with E-state index in [-0.39, 0.29) is 5.91 Å². The fourth-order valence-electron chi connectivity index (χ4n) is 3.63. The van der Waals surface area contributed by atoms with Crippen molar-refractivity contribution in [1.29, 1.82) is 0 Å². The van der Waals surface area contributed by atoms with Crippen LogP contribution in [0.5, 0.6) is 11.5 Å². The Balaban J connectivity index is 1.40. The molecular formula is C28H23Cl3N2O4S2. The molecule has 202 valence electrons. The molecule has 39 heavy (non-hydrogen) atoms. The molecule has 1 atom stereocenters. The monoisotopic (exact) mass is 620 g/mol. The fraction of sp³-hybridized carbons (Fsp3) is 0.179. The Kier molecular flexibility index (Phi) is 9.80. The van der Waals surface area contributed by atoms with Gasteiger partial charge in [-0.15, -0.1) is 0 Å². The molecule has 3 aromatic rings. The summed E-state index contributed by atoms with van der Waals surface area (Å²) in [6, 6.07) is 23.2. The zero-order valence-electron chi connectivity index (χ0n) is 20.6. The predicted octanol–water partition coefficient (Wildman–Crippen LogP) is 6.64. The van der Waals surface area contributed by atoms with Crippen molar-refractivity contribution in [3.05, 3.63) is 100 Å². The summed E-state index contributed by atoms with van der Waals surface area (Å²) in [5, 5.41) is 2.59. The lowest BCUT2D eigenvalue weighted by molar-refractivity contribution is -0.122. The van der Waals surface area contributed by atoms with Gasteiger partial charge in [-0.25, -0.2) is 0 Å². The van der Waals surface area contributed by atoms with Gasteiger partial charge in [0.25, 0.3) is 11.8 Å². The summed E-state index contributed by atoms with van der Waals surface area (Å²) in [4.78, 5) is 27.8. The molecular weight excluding hydrogens is 599 g/mol. The minimum Gasteiger partial charge on any atom is -0.497 e. The number of nitrogens with zero attached hydrogens (tertiary/aromatic N) is 1. The molecule has 4 rings (SSSR count). The van der Waals surface area contributed by atoms with Gasteiger partial charge in [-0.1, -0.05) is 101 Å². The van der Waals surface area contributed by atoms with E-state index in [1.807, 2.05) is 30.3 Å². The molecule has 0 unspecified atom stereocenters. The number of rotatable bonds is 9. The third kappa shape index (κ3) is 7.90. The molecule has 0 aliphatic carbocycles. The van der Waals surface area contributed by atoms with Gasteiger partial charge in [0, 0.05) is 12.1 Å². The van der Waals surface area contributed by atoms with Gasteiger partial charge in [0.05, 0.1) is 12.0 Å². The number of carbonyl (C=O) groups excluding carboxylic acids is 2. The third-order valence-corrected chi connectivity index (χ3v) is 7.66. The molecule has 0 saturated carbocycles. The number of hydrogen-bond donors (Lipinski definition) is 1. The van der Waals surface area contributed by atoms with E-state index in [0.717, 1.165) is 11.1 Å². The maximum absolute atomic E-state index is 13.0. The Morgan fingerprint density at radius 1 is 1.03 bits per heavy atom. The van der Waals surface area contributed by atoms with Gasteiger partial charge in [0.1, 0.15) is 15.8 Å². The Hall–Kier alpha value is -2.75. The Morgan fingerprint density at radius 2 is 1.67 bits per heavy atom. The van der Waals surface area contributed by atoms with Crippen LogP contribution >= 0.6 is 58.8 Å². The SMILES string of the molecule is COc1ccc(C(=O)N[C@H](Oc2ccc(/C=C3\SC(=S)N(CCc4ccccc4)C3=O)cc2)C(Cl)(Cl)Cl)cc1. The van der Waals surface area contributed by atoms with Crippen molar-refractivity contribution in [1.82, 2.24) is 10.2 Å². The number of carbonyl (C=O) groups is 2. The highest BCUT2D eigenvalue weighted by molar-refractivity contribution is 8.26. The Morgan fingerprint density at radius 3 is 2.28 bits per heavy atom. The summed E-state index contributed by atoms with van der Waals surface area (Å²) >= 11 is 25.0. The molecule has 1 saturated heterocycles. The van der Waals surface area contributed by atoms with Crippen molar-refractivity contribution in [3.8, 4) is 11.5 Å². The summed E-state index contributed by atoms with van der Waals surface area (Å²) in [5.41, 5.74) is 2.24. The molecule has 1 fully saturated rings. The summed E-state index contributed by atoms with van der Waals surface area (Å²) < 4.78 is 9.48. The van der Waals surface area contributed by atoms with Crippen LogP contribution < -0.4 is 14.8 Å². The standard InChI is InChI=1S/C28H23Cl3N2O4S2/c1-36-21-13-9-20(10-14-21)24(34)32-26(28(29,30)31)37-22-11-7-19(8-12-22)17-23-25(35)33(27(38)39-23)16-15-18-5-3-2-4-6-18/h2-14,17,26H,15-16H2,1H3,(H,32,34)/b23-17-/t26-/m1/s1. The first-order valence-electron chi connectivity index (χ1n) is 11.7. The van der Waals surface area contributed by atoms with Crippen LogP contribution in [0.1, 0.15) is 21.5 Å². The van der Waals surface area contributed by atoms with E-state index in [0.29, 0.717) is 39.3 Å². The second-order valence-corrected chi connectivity index (χ2v) is 12.4. The van der Waals surface area contributed by atoms with Crippen molar-refractivity contribution < 1.29 is 19.1 Å². The fourth-order valence-corrected chi connectivity index (χ4v) is 5.24. The lowest BCUT2D eigenvalue weighted by Gasteiger charge is -2.26. The molecule has 2 amide bonds. The zero-order chi connectivity index (χ0) is 28.0. The highest BCUT2D eigenvalue weighted by atomic mass is 35.6. The number of amides is 2. The number of methoxy groups -OCH3 is 1. The van der Waals surface area contributed by atoms with E-state index in [4.69, 9.17) is 56.5 Å². The molecule has 6 nitrogen and oxygen atoms in total. The van der Waals surface area contributed by atoms with Crippen LogP contribution in [0.2, 0.25) is 0 Å². The first kappa shape index (κ1) is 29.2. The van der Waals surface area contributed by atoms with E-state index in [1.165, 1.54) is 18.9 Å². The van der Waals surface area contributed by atoms with Gasteiger partial charge in [-0.05, 0) is 60.0 Å². The van der Waals surface area contributed by atoms with Crippen molar-refractivity contribution >= 4 is 81.0 Å². The number of hydrogen-bond acceptors (Lipinski definition) is 6. The summed E-state index contributed by atoms with van der Waals surface area (Å²) in [6.45, 7) is 0.513. The largest absolute Gasteiger partial charge is 0.497 e. The summed E-state index contributed by atoms with van der Waals surface area (Å²) in [7, 11) is 1.53. The van der Waals surface area contributed by atoms with Crippen LogP contribution in [-0.2, 0) is 11.2 Å². The second kappa shape index (κ2) is 13.1. The molecule has 1 aliphatic rings. The van der Waals surface area contributed by atoms with E-state index in [2.05, 4.69) is 5.32 Å². The van der Waals surface area contributed by atoms with Crippen LogP contribution in [0.3, 0.4) is 0 Å². The Bertz CT molecular complexity index is 1360. The van der Waals surface area contributed by atoms with Crippen molar-refractivity contribution in [2.75, 3.05) is 13.7 Å². The number of thiocarbonyl (C=S) groups is 1. The maximum atomic E-state index is 13.0. The number of halogens is 3. The topological polar surface area (TPSA) is 67.9 Å². The lowest BCUT2D eigenvalue weighted by atomic mass is 10.1. The first-order chi connectivity index (χ1) is 18.6. The van der Waals surface area contributed by atoms with Crippen molar-refractivity contribution in [2.45, 2.75) is 16.4 Å². The van der Waals surface area contributed by atoms with Crippen molar-refractivity contribution in [3.63, 3.8) is 0 Å². The predicted molar refractivity (Wildman–Crippen MR) is 162 cm³/mol. The smallest absolute Gasteiger partial charge is 0.266 e. The van der Waals surface area contributed by atoms with Gasteiger partial charge >= 0.3 is 0 Å². The summed E-state index contributed by atoms with van der Waals surface area (Å²) in [6.07, 6.45) is 1.21. The van der Waals surface area contributed by atoms with Gasteiger partial charge in [-0.3, -0.25) is 14.5 Å². The van der Waals surface area contributed by atoms with Gasteiger partial charge in [0.2, 0.25) is 10.0 Å². The molecule has 0 radical (unpaired) electrons. The summed E-state index contributed by atoms with van der Waals surface area (Å²) in [5.74, 6) is 0.350. The van der Waals surface area contributed by atoms with E-state index in [1.54, 1.807) is 59.5 Å². The number of nitrogens with one attached hydrogen (secondary N) is 1. The number of benzene rings is 3. The van der Waals surface area contributed by atoms with Crippen LogP contribution in [0, 0.1) is 0 Å². The highest BCUT2D eigenvalue weighted by Gasteiger charge is 2.36. The normalized spacial score (nSPS) is 15.4. The average molecular weight is 622 g/mol. The lowest BCUT2D eigenvalue weighted by Crippen LogP contribution is -2.47. The van der Waals surface area contributed by atoms with Crippen LogP contribution in [0.4, 0.5) is 0 Å². The molecule has 1 aliphatic heterocycles. The van der Waals surface area contributed by atoms with E-state index in [9.17, 15) is 9.59 Å². The van der Waals surface area contributed by atoms with Crippen LogP contribution in [0.25, 0.3) is 6.08 Å². The zero-order valence-corrected chi connectivity index (χ0v) is 24.5. The van der Waals surface area contributed by atoms with Gasteiger partial charge in [-0.2, -0.15) is 0 Å². The minimum atomic E-state index is -1.95. The second-order valence-electron chi connectivity index (χ2n) is 8.38. The van der Waals surface area contributed by atoms with Gasteiger partial charge in [0.15, 0.2) is 0 Å². The molecule has 11 heteroatoms. The molecule has 0 spiro atoms. The van der Waals surface area contributed by atoms with Gasteiger partial charge < -0.3 is 14.8 Å².